The lowest BCUT2D eigenvalue weighted by atomic mass is 9.98. The molecule has 0 unspecified atom stereocenters. The van der Waals surface area contributed by atoms with Crippen molar-refractivity contribution >= 4 is 5.82 Å². The Morgan fingerprint density at radius 2 is 1.70 bits per heavy atom. The van der Waals surface area contributed by atoms with Crippen LogP contribution >= 0.6 is 0 Å². The Balaban J connectivity index is 2.30. The molecule has 0 fully saturated rings. The summed E-state index contributed by atoms with van der Waals surface area (Å²) in [6.45, 7) is 8.25. The quantitative estimate of drug-likeness (QED) is 0.905. The van der Waals surface area contributed by atoms with E-state index in [-0.39, 0.29) is 6.04 Å². The van der Waals surface area contributed by atoms with Gasteiger partial charge in [0.15, 0.2) is 0 Å². The number of hydrogen-bond donors (Lipinski definition) is 1. The standard InChI is InChI=1S/C17H23N3/c1-4-20(5-2)16-12-11-15(13(3)19-16)17(18)14-9-7-6-8-10-14/h6-12,17H,4-5,18H2,1-3H3/t17-/m1/s1. The summed E-state index contributed by atoms with van der Waals surface area (Å²) in [5, 5.41) is 0. The highest BCUT2D eigenvalue weighted by Gasteiger charge is 2.13. The van der Waals surface area contributed by atoms with Gasteiger partial charge in [0.25, 0.3) is 0 Å². The molecule has 3 nitrogen and oxygen atoms in total. The van der Waals surface area contributed by atoms with Gasteiger partial charge in [-0.25, -0.2) is 4.98 Å². The Kier molecular flexibility index (Phi) is 4.74. The lowest BCUT2D eigenvalue weighted by Gasteiger charge is -2.22. The SMILES string of the molecule is CCN(CC)c1ccc([C@H](N)c2ccccc2)c(C)n1. The predicted molar refractivity (Wildman–Crippen MR) is 85.0 cm³/mol. The Morgan fingerprint density at radius 1 is 1.05 bits per heavy atom. The molecule has 2 aromatic rings. The highest BCUT2D eigenvalue weighted by Crippen LogP contribution is 2.23. The lowest BCUT2D eigenvalue weighted by molar-refractivity contribution is 0.818. The largest absolute Gasteiger partial charge is 0.357 e. The van der Waals surface area contributed by atoms with Crippen molar-refractivity contribution in [3.05, 3.63) is 59.3 Å². The molecule has 0 spiro atoms. The van der Waals surface area contributed by atoms with E-state index in [9.17, 15) is 0 Å². The first-order valence-electron chi connectivity index (χ1n) is 7.20. The van der Waals surface area contributed by atoms with E-state index < -0.39 is 0 Å². The van der Waals surface area contributed by atoms with E-state index in [2.05, 4.69) is 43.0 Å². The minimum absolute atomic E-state index is 0.116. The van der Waals surface area contributed by atoms with Crippen molar-refractivity contribution in [1.82, 2.24) is 4.98 Å². The summed E-state index contributed by atoms with van der Waals surface area (Å²) < 4.78 is 0. The summed E-state index contributed by atoms with van der Waals surface area (Å²) >= 11 is 0. The van der Waals surface area contributed by atoms with Crippen molar-refractivity contribution in [3.63, 3.8) is 0 Å². The summed E-state index contributed by atoms with van der Waals surface area (Å²) in [6.07, 6.45) is 0. The van der Waals surface area contributed by atoms with Crippen LogP contribution in [0.5, 0.6) is 0 Å². The molecule has 0 aliphatic rings. The van der Waals surface area contributed by atoms with Crippen molar-refractivity contribution in [1.29, 1.82) is 0 Å². The van der Waals surface area contributed by atoms with Gasteiger partial charge in [0.1, 0.15) is 5.82 Å². The fraction of sp³-hybridized carbons (Fsp3) is 0.353. The minimum Gasteiger partial charge on any atom is -0.357 e. The van der Waals surface area contributed by atoms with Crippen LogP contribution in [0, 0.1) is 6.92 Å². The van der Waals surface area contributed by atoms with E-state index in [1.165, 1.54) is 0 Å². The van der Waals surface area contributed by atoms with Gasteiger partial charge in [0, 0.05) is 18.8 Å². The highest BCUT2D eigenvalue weighted by molar-refractivity contribution is 5.44. The molecule has 0 saturated carbocycles. The van der Waals surface area contributed by atoms with E-state index in [1.54, 1.807) is 0 Å². The molecule has 1 atom stereocenters. The first-order chi connectivity index (χ1) is 9.67. The van der Waals surface area contributed by atoms with E-state index in [1.807, 2.05) is 25.1 Å². The Hall–Kier alpha value is -1.87. The number of aryl methyl sites for hydroxylation is 1. The maximum absolute atomic E-state index is 6.35. The zero-order chi connectivity index (χ0) is 14.5. The van der Waals surface area contributed by atoms with Gasteiger partial charge >= 0.3 is 0 Å². The van der Waals surface area contributed by atoms with E-state index in [4.69, 9.17) is 10.7 Å². The molecular weight excluding hydrogens is 246 g/mol. The summed E-state index contributed by atoms with van der Waals surface area (Å²) in [6, 6.07) is 14.2. The van der Waals surface area contributed by atoms with Gasteiger partial charge in [-0.15, -0.1) is 0 Å². The van der Waals surface area contributed by atoms with Gasteiger partial charge in [0.2, 0.25) is 0 Å². The highest BCUT2D eigenvalue weighted by atomic mass is 15.2. The summed E-state index contributed by atoms with van der Waals surface area (Å²) in [7, 11) is 0. The van der Waals surface area contributed by atoms with Crippen LogP contribution in [0.1, 0.15) is 36.7 Å². The molecule has 0 aliphatic heterocycles. The molecule has 0 aliphatic carbocycles. The fourth-order valence-electron chi connectivity index (χ4n) is 2.45. The molecular formula is C17H23N3. The zero-order valence-electron chi connectivity index (χ0n) is 12.5. The average Bonchev–Trinajstić information content (AvgIpc) is 2.49. The Morgan fingerprint density at radius 3 is 2.25 bits per heavy atom. The number of nitrogens with two attached hydrogens (primary N) is 1. The van der Waals surface area contributed by atoms with Crippen LogP contribution in [0.25, 0.3) is 0 Å². The molecule has 20 heavy (non-hydrogen) atoms. The third-order valence-electron chi connectivity index (χ3n) is 3.69. The summed E-state index contributed by atoms with van der Waals surface area (Å²) in [4.78, 5) is 6.95. The van der Waals surface area contributed by atoms with Crippen molar-refractivity contribution in [2.24, 2.45) is 5.73 Å². The van der Waals surface area contributed by atoms with Crippen molar-refractivity contribution < 1.29 is 0 Å². The molecule has 2 N–H and O–H groups in total. The number of rotatable bonds is 5. The molecule has 0 saturated heterocycles. The van der Waals surface area contributed by atoms with E-state index >= 15 is 0 Å². The molecule has 1 aromatic carbocycles. The number of anilines is 1. The van der Waals surface area contributed by atoms with Crippen LogP contribution in [0.3, 0.4) is 0 Å². The molecule has 3 heteroatoms. The van der Waals surface area contributed by atoms with Crippen LogP contribution in [0.4, 0.5) is 5.82 Å². The smallest absolute Gasteiger partial charge is 0.128 e. The first-order valence-corrected chi connectivity index (χ1v) is 7.20. The van der Waals surface area contributed by atoms with Crippen LogP contribution in [-0.4, -0.2) is 18.1 Å². The third-order valence-corrected chi connectivity index (χ3v) is 3.69. The van der Waals surface area contributed by atoms with E-state index in [0.717, 1.165) is 35.7 Å². The van der Waals surface area contributed by atoms with Gasteiger partial charge in [-0.05, 0) is 38.0 Å². The average molecular weight is 269 g/mol. The first kappa shape index (κ1) is 14.5. The van der Waals surface area contributed by atoms with Gasteiger partial charge in [-0.3, -0.25) is 0 Å². The number of hydrogen-bond acceptors (Lipinski definition) is 3. The second-order valence-electron chi connectivity index (χ2n) is 4.90. The van der Waals surface area contributed by atoms with Crippen LogP contribution in [-0.2, 0) is 0 Å². The number of benzene rings is 1. The Bertz CT molecular complexity index is 547. The van der Waals surface area contributed by atoms with Crippen molar-refractivity contribution in [2.75, 3.05) is 18.0 Å². The molecule has 0 bridgehead atoms. The molecule has 2 rings (SSSR count). The van der Waals surface area contributed by atoms with Gasteiger partial charge in [-0.1, -0.05) is 36.4 Å². The van der Waals surface area contributed by atoms with Gasteiger partial charge in [0.05, 0.1) is 6.04 Å². The second kappa shape index (κ2) is 6.53. The van der Waals surface area contributed by atoms with Crippen molar-refractivity contribution in [3.8, 4) is 0 Å². The van der Waals surface area contributed by atoms with Gasteiger partial charge in [-0.2, -0.15) is 0 Å². The second-order valence-corrected chi connectivity index (χ2v) is 4.90. The Labute approximate surface area is 121 Å². The van der Waals surface area contributed by atoms with Crippen molar-refractivity contribution in [2.45, 2.75) is 26.8 Å². The monoisotopic (exact) mass is 269 g/mol. The molecule has 0 radical (unpaired) electrons. The topological polar surface area (TPSA) is 42.1 Å². The molecule has 106 valence electrons. The predicted octanol–water partition coefficient (Wildman–Crippen LogP) is 3.28. The maximum Gasteiger partial charge on any atom is 0.128 e. The molecule has 1 heterocycles. The van der Waals surface area contributed by atoms with Crippen LogP contribution < -0.4 is 10.6 Å². The number of pyridine rings is 1. The summed E-state index contributed by atoms with van der Waals surface area (Å²) in [5.74, 6) is 1.02. The zero-order valence-corrected chi connectivity index (χ0v) is 12.5. The summed E-state index contributed by atoms with van der Waals surface area (Å²) in [5.41, 5.74) is 9.57. The minimum atomic E-state index is -0.116. The molecule has 0 amide bonds. The van der Waals surface area contributed by atoms with Crippen LogP contribution in [0.2, 0.25) is 0 Å². The number of nitrogens with zero attached hydrogens (tertiary/aromatic N) is 2. The molecule has 1 aromatic heterocycles. The lowest BCUT2D eigenvalue weighted by Crippen LogP contribution is -2.23. The van der Waals surface area contributed by atoms with E-state index in [0.29, 0.717) is 0 Å². The number of aromatic nitrogens is 1. The maximum atomic E-state index is 6.35. The van der Waals surface area contributed by atoms with Crippen LogP contribution in [0.15, 0.2) is 42.5 Å². The normalized spacial score (nSPS) is 12.2. The van der Waals surface area contributed by atoms with Gasteiger partial charge < -0.3 is 10.6 Å². The third kappa shape index (κ3) is 2.99. The fourth-order valence-corrected chi connectivity index (χ4v) is 2.45.